The highest BCUT2D eigenvalue weighted by Crippen LogP contribution is 2.55. The Balaban J connectivity index is 1.40. The van der Waals surface area contributed by atoms with Crippen LogP contribution in [0.3, 0.4) is 0 Å². The molecule has 0 spiro atoms. The Bertz CT molecular complexity index is 2630. The van der Waals surface area contributed by atoms with Crippen LogP contribution in [-0.2, 0) is 10.8 Å². The number of allylic oxidation sites excluding steroid dienone is 3. The SMILES string of the molecule is CC1(C)CCC(C)(C)c2cc(-c3cc4c5c(c3)-c3cccc6c3c(c(-c3ccccc3)n6-c3c(O)c(O)c(O)c(O)c3O)[B]/C=C(/C=C\C=C5)O4)ccc21. The van der Waals surface area contributed by atoms with E-state index in [0.717, 1.165) is 57.1 Å². The van der Waals surface area contributed by atoms with Gasteiger partial charge in [-0.05, 0) is 92.4 Å². The zero-order valence-electron chi connectivity index (χ0n) is 30.5. The molecule has 3 heterocycles. The van der Waals surface area contributed by atoms with Crippen molar-refractivity contribution < 1.29 is 30.3 Å². The van der Waals surface area contributed by atoms with Crippen LogP contribution in [0.5, 0.6) is 34.5 Å². The third-order valence-corrected chi connectivity index (χ3v) is 11.5. The predicted octanol–water partition coefficient (Wildman–Crippen LogP) is 9.65. The van der Waals surface area contributed by atoms with E-state index in [0.29, 0.717) is 22.7 Å². The molecular weight excluding hydrogens is 673 g/mol. The van der Waals surface area contributed by atoms with Gasteiger partial charge >= 0.3 is 0 Å². The van der Waals surface area contributed by atoms with Gasteiger partial charge in [-0.2, -0.15) is 0 Å². The molecule has 1 aromatic heterocycles. The van der Waals surface area contributed by atoms with Gasteiger partial charge in [-0.3, -0.25) is 0 Å². The summed E-state index contributed by atoms with van der Waals surface area (Å²) in [4.78, 5) is 0. The fourth-order valence-corrected chi connectivity index (χ4v) is 8.51. The first-order chi connectivity index (χ1) is 25.9. The lowest BCUT2D eigenvalue weighted by molar-refractivity contribution is 0.327. The van der Waals surface area contributed by atoms with E-state index < -0.39 is 28.7 Å². The summed E-state index contributed by atoms with van der Waals surface area (Å²) in [5, 5.41) is 55.4. The van der Waals surface area contributed by atoms with E-state index in [-0.39, 0.29) is 16.5 Å². The molecule has 1 aliphatic carbocycles. The molecule has 2 aliphatic heterocycles. The molecule has 267 valence electrons. The van der Waals surface area contributed by atoms with Crippen molar-refractivity contribution >= 4 is 29.7 Å². The molecule has 0 fully saturated rings. The molecule has 0 unspecified atom stereocenters. The van der Waals surface area contributed by atoms with Crippen LogP contribution < -0.4 is 10.2 Å². The van der Waals surface area contributed by atoms with Crippen molar-refractivity contribution in [1.29, 1.82) is 0 Å². The van der Waals surface area contributed by atoms with Gasteiger partial charge in [-0.15, -0.1) is 0 Å². The number of nitrogens with zero attached hydrogens (tertiary/aromatic N) is 1. The van der Waals surface area contributed by atoms with Crippen LogP contribution in [0.25, 0.3) is 56.2 Å². The molecule has 1 radical (unpaired) electrons. The van der Waals surface area contributed by atoms with Gasteiger partial charge < -0.3 is 34.8 Å². The van der Waals surface area contributed by atoms with Crippen LogP contribution in [0.2, 0.25) is 0 Å². The van der Waals surface area contributed by atoms with E-state index in [1.165, 1.54) is 11.1 Å². The van der Waals surface area contributed by atoms with Crippen molar-refractivity contribution in [2.45, 2.75) is 51.4 Å². The topological polar surface area (TPSA) is 115 Å². The lowest BCUT2D eigenvalue weighted by Gasteiger charge is -2.42. The summed E-state index contributed by atoms with van der Waals surface area (Å²) in [6.45, 7) is 9.32. The highest BCUT2D eigenvalue weighted by atomic mass is 16.5. The van der Waals surface area contributed by atoms with Crippen LogP contribution in [-0.4, -0.2) is 37.4 Å². The molecular formula is C46H39BNO6. The smallest absolute Gasteiger partial charge is 0.208 e. The van der Waals surface area contributed by atoms with Crippen LogP contribution in [0.1, 0.15) is 57.2 Å². The van der Waals surface area contributed by atoms with E-state index >= 15 is 0 Å². The molecule has 0 amide bonds. The minimum atomic E-state index is -1.02. The van der Waals surface area contributed by atoms with Gasteiger partial charge in [0.1, 0.15) is 17.2 Å². The number of benzene rings is 5. The largest absolute Gasteiger partial charge is 0.503 e. The molecule has 4 bridgehead atoms. The van der Waals surface area contributed by atoms with Crippen LogP contribution >= 0.6 is 0 Å². The van der Waals surface area contributed by atoms with E-state index in [9.17, 15) is 25.5 Å². The minimum Gasteiger partial charge on any atom is -0.503 e. The van der Waals surface area contributed by atoms with E-state index in [1.807, 2.05) is 80.0 Å². The normalized spacial score (nSPS) is 17.7. The molecule has 0 atom stereocenters. The third kappa shape index (κ3) is 4.97. The first kappa shape index (κ1) is 33.6. The standard InChI is InChI=1S/C46H39BNO6/c1-45(2)19-20-46(3,4)33-22-26(17-18-32(33)45)27-21-31-29-14-9-8-13-28(54-35(29)23-27)24-47-37-36-30(31)15-10-16-34(36)48(38(37)25-11-6-5-7-12-25)39-40(49)42(51)44(53)43(52)41(39)50/h5-18,21-24,49-53H,19-20H2,1-4H3/b13-8-,14-9?,28-24-. The first-order valence-corrected chi connectivity index (χ1v) is 18.2. The molecule has 0 saturated heterocycles. The second-order valence-corrected chi connectivity index (χ2v) is 15.8. The number of hydrogen-bond donors (Lipinski definition) is 5. The molecule has 54 heavy (non-hydrogen) atoms. The summed E-state index contributed by atoms with van der Waals surface area (Å²) in [5.74, 6) is -1.30. The second kappa shape index (κ2) is 11.9. The van der Waals surface area contributed by atoms with Gasteiger partial charge in [0.05, 0.1) is 5.52 Å². The second-order valence-electron chi connectivity index (χ2n) is 15.8. The number of rotatable bonds is 3. The number of aromatic hydroxyl groups is 5. The number of aromatic nitrogens is 1. The summed E-state index contributed by atoms with van der Waals surface area (Å²) < 4.78 is 8.37. The van der Waals surface area contributed by atoms with Gasteiger partial charge in [0, 0.05) is 16.6 Å². The summed E-state index contributed by atoms with van der Waals surface area (Å²) in [6, 6.07) is 26.5. The van der Waals surface area contributed by atoms with Gasteiger partial charge in [0.15, 0.2) is 18.8 Å². The van der Waals surface area contributed by atoms with Gasteiger partial charge in [-0.25, -0.2) is 0 Å². The van der Waals surface area contributed by atoms with Crippen molar-refractivity contribution in [3.8, 4) is 73.7 Å². The maximum Gasteiger partial charge on any atom is 0.208 e. The maximum absolute atomic E-state index is 11.4. The Kier molecular flexibility index (Phi) is 7.37. The van der Waals surface area contributed by atoms with E-state index in [2.05, 4.69) is 64.1 Å². The quantitative estimate of drug-likeness (QED) is 0.0709. The average molecular weight is 713 g/mol. The van der Waals surface area contributed by atoms with E-state index in [1.54, 1.807) is 4.57 Å². The van der Waals surface area contributed by atoms with Crippen molar-refractivity contribution in [2.24, 2.45) is 0 Å². The van der Waals surface area contributed by atoms with Crippen molar-refractivity contribution in [2.75, 3.05) is 0 Å². The van der Waals surface area contributed by atoms with Crippen molar-refractivity contribution in [1.82, 2.24) is 4.57 Å². The molecule has 7 nitrogen and oxygen atoms in total. The Morgan fingerprint density at radius 1 is 0.630 bits per heavy atom. The molecule has 6 aromatic rings. The summed E-state index contributed by atoms with van der Waals surface area (Å²) in [5.41, 5.74) is 9.94. The zero-order chi connectivity index (χ0) is 37.7. The summed E-state index contributed by atoms with van der Waals surface area (Å²) in [6.07, 6.45) is 10.1. The summed E-state index contributed by atoms with van der Waals surface area (Å²) >= 11 is 0. The van der Waals surface area contributed by atoms with E-state index in [4.69, 9.17) is 4.74 Å². The van der Waals surface area contributed by atoms with Crippen LogP contribution in [0, 0.1) is 0 Å². The van der Waals surface area contributed by atoms with Gasteiger partial charge in [0.25, 0.3) is 0 Å². The number of phenols is 5. The monoisotopic (exact) mass is 712 g/mol. The van der Waals surface area contributed by atoms with Gasteiger partial charge in [-0.1, -0.05) is 113 Å². The Morgan fingerprint density at radius 3 is 2.06 bits per heavy atom. The summed E-state index contributed by atoms with van der Waals surface area (Å²) in [7, 11) is 1.95. The van der Waals surface area contributed by atoms with Crippen LogP contribution in [0.15, 0.2) is 109 Å². The minimum absolute atomic E-state index is 0.0232. The highest BCUT2D eigenvalue weighted by Gasteiger charge is 2.37. The zero-order valence-corrected chi connectivity index (χ0v) is 30.5. The van der Waals surface area contributed by atoms with Crippen molar-refractivity contribution in [3.63, 3.8) is 0 Å². The fraction of sp³-hybridized carbons (Fsp3) is 0.174. The number of hydrogen-bond acceptors (Lipinski definition) is 6. The molecule has 3 aliphatic rings. The molecule has 0 saturated carbocycles. The Morgan fingerprint density at radius 2 is 1.31 bits per heavy atom. The molecule has 5 aromatic carbocycles. The van der Waals surface area contributed by atoms with Crippen molar-refractivity contribution in [3.05, 3.63) is 126 Å². The number of phenolic OH excluding ortho intramolecular Hbond substituents is 5. The Labute approximate surface area is 314 Å². The lowest BCUT2D eigenvalue weighted by atomic mass is 9.63. The molecule has 9 rings (SSSR count). The maximum atomic E-state index is 11.4. The first-order valence-electron chi connectivity index (χ1n) is 18.2. The Hall–Kier alpha value is -6.28. The highest BCUT2D eigenvalue weighted by molar-refractivity contribution is 6.64. The predicted molar refractivity (Wildman–Crippen MR) is 215 cm³/mol. The third-order valence-electron chi connectivity index (χ3n) is 11.5. The number of fused-ring (bicyclic) bond motifs is 3. The average Bonchev–Trinajstić information content (AvgIpc) is 3.48. The fourth-order valence-electron chi connectivity index (χ4n) is 8.51. The lowest BCUT2D eigenvalue weighted by Crippen LogP contribution is -2.33. The number of ether oxygens (including phenoxy) is 1. The molecule has 8 heteroatoms. The van der Waals surface area contributed by atoms with Crippen LogP contribution in [0.4, 0.5) is 0 Å². The van der Waals surface area contributed by atoms with Gasteiger partial charge in [0.2, 0.25) is 17.2 Å². The molecule has 5 N–H and O–H groups in total.